The number of likely N-dealkylation sites (N-methyl/N-ethyl adjacent to an activating group) is 1. The molecule has 1 atom stereocenters. The number of ether oxygens (including phenoxy) is 1. The number of piperidine rings is 1. The Balaban J connectivity index is 2.03. The lowest BCUT2D eigenvalue weighted by Crippen LogP contribution is -2.43. The monoisotopic (exact) mass is 228 g/mol. The first-order chi connectivity index (χ1) is 7.74. The Bertz CT molecular complexity index is 209. The maximum absolute atomic E-state index is 11.1. The number of nitrogens with one attached hydrogen (secondary N) is 1. The van der Waals surface area contributed by atoms with E-state index in [1.54, 1.807) is 0 Å². The van der Waals surface area contributed by atoms with Gasteiger partial charge in [0.1, 0.15) is 0 Å². The van der Waals surface area contributed by atoms with Gasteiger partial charge in [-0.3, -0.25) is 4.79 Å². The number of esters is 1. The molecule has 1 aliphatic rings. The average Bonchev–Trinajstić information content (AvgIpc) is 2.27. The predicted octanol–water partition coefficient (Wildman–Crippen LogP) is 1.01. The van der Waals surface area contributed by atoms with E-state index in [2.05, 4.69) is 17.3 Å². The highest BCUT2D eigenvalue weighted by molar-refractivity contribution is 5.69. The van der Waals surface area contributed by atoms with Gasteiger partial charge in [0.2, 0.25) is 0 Å². The quantitative estimate of drug-likeness (QED) is 0.544. The molecule has 1 heterocycles. The number of carbonyl (C=O) groups excluding carboxylic acids is 1. The molecule has 94 valence electrons. The molecule has 0 aliphatic carbocycles. The lowest BCUT2D eigenvalue weighted by atomic mass is 10.0. The zero-order valence-corrected chi connectivity index (χ0v) is 10.5. The van der Waals surface area contributed by atoms with Gasteiger partial charge in [-0.25, -0.2) is 0 Å². The molecule has 1 fully saturated rings. The predicted molar refractivity (Wildman–Crippen MR) is 64.4 cm³/mol. The Morgan fingerprint density at radius 3 is 3.00 bits per heavy atom. The van der Waals surface area contributed by atoms with E-state index in [1.807, 2.05) is 6.92 Å². The molecule has 0 aromatic heterocycles. The molecule has 1 N–H and O–H groups in total. The summed E-state index contributed by atoms with van der Waals surface area (Å²) < 4.78 is 4.87. The fourth-order valence-corrected chi connectivity index (χ4v) is 2.09. The Labute approximate surface area is 98.3 Å². The first-order valence-electron chi connectivity index (χ1n) is 6.30. The molecule has 0 amide bonds. The van der Waals surface area contributed by atoms with Crippen LogP contribution in [0.3, 0.4) is 0 Å². The van der Waals surface area contributed by atoms with Gasteiger partial charge in [0.15, 0.2) is 0 Å². The number of nitrogens with zero attached hydrogens (tertiary/aromatic N) is 1. The van der Waals surface area contributed by atoms with E-state index in [4.69, 9.17) is 4.74 Å². The van der Waals surface area contributed by atoms with E-state index in [1.165, 1.54) is 25.8 Å². The molecule has 0 bridgehead atoms. The van der Waals surface area contributed by atoms with E-state index >= 15 is 0 Å². The van der Waals surface area contributed by atoms with Gasteiger partial charge in [0.05, 0.1) is 13.0 Å². The molecule has 1 aliphatic heterocycles. The highest BCUT2D eigenvalue weighted by atomic mass is 16.5. The minimum atomic E-state index is -0.105. The number of carbonyl (C=O) groups is 1. The summed E-state index contributed by atoms with van der Waals surface area (Å²) in [5.74, 6) is -0.105. The van der Waals surface area contributed by atoms with Gasteiger partial charge in [-0.2, -0.15) is 0 Å². The van der Waals surface area contributed by atoms with Gasteiger partial charge < -0.3 is 15.0 Å². The minimum absolute atomic E-state index is 0.105. The van der Waals surface area contributed by atoms with Crippen molar-refractivity contribution in [2.24, 2.45) is 0 Å². The van der Waals surface area contributed by atoms with Crippen LogP contribution >= 0.6 is 0 Å². The molecule has 0 radical (unpaired) electrons. The van der Waals surface area contributed by atoms with Gasteiger partial charge >= 0.3 is 5.97 Å². The number of rotatable bonds is 6. The van der Waals surface area contributed by atoms with Crippen LogP contribution in [0, 0.1) is 0 Å². The molecule has 1 rings (SSSR count). The van der Waals surface area contributed by atoms with Crippen molar-refractivity contribution in [1.29, 1.82) is 0 Å². The largest absolute Gasteiger partial charge is 0.466 e. The van der Waals surface area contributed by atoms with Crippen LogP contribution in [-0.2, 0) is 9.53 Å². The van der Waals surface area contributed by atoms with Crippen LogP contribution in [-0.4, -0.2) is 50.2 Å². The van der Waals surface area contributed by atoms with Crippen LogP contribution in [0.4, 0.5) is 0 Å². The maximum atomic E-state index is 11.1. The third-order valence-electron chi connectivity index (χ3n) is 3.11. The number of likely N-dealkylation sites (tertiary alicyclic amines) is 1. The van der Waals surface area contributed by atoms with Gasteiger partial charge in [0, 0.05) is 19.1 Å². The summed E-state index contributed by atoms with van der Waals surface area (Å²) in [7, 11) is 2.18. The highest BCUT2D eigenvalue weighted by Gasteiger charge is 2.17. The minimum Gasteiger partial charge on any atom is -0.466 e. The second-order valence-corrected chi connectivity index (χ2v) is 4.39. The van der Waals surface area contributed by atoms with E-state index in [0.29, 0.717) is 19.1 Å². The number of hydrogen-bond donors (Lipinski definition) is 1. The number of hydrogen-bond acceptors (Lipinski definition) is 4. The zero-order valence-electron chi connectivity index (χ0n) is 10.5. The first kappa shape index (κ1) is 13.5. The van der Waals surface area contributed by atoms with Crippen molar-refractivity contribution in [2.45, 2.75) is 38.6 Å². The summed E-state index contributed by atoms with van der Waals surface area (Å²) in [6.45, 7) is 5.22. The second-order valence-electron chi connectivity index (χ2n) is 4.39. The Hall–Kier alpha value is -0.610. The van der Waals surface area contributed by atoms with E-state index in [-0.39, 0.29) is 5.97 Å². The van der Waals surface area contributed by atoms with Crippen LogP contribution < -0.4 is 5.32 Å². The maximum Gasteiger partial charge on any atom is 0.307 e. The summed E-state index contributed by atoms with van der Waals surface area (Å²) in [6.07, 6.45) is 4.39. The smallest absolute Gasteiger partial charge is 0.307 e. The van der Waals surface area contributed by atoms with Crippen molar-refractivity contribution in [3.63, 3.8) is 0 Å². The lowest BCUT2D eigenvalue weighted by Gasteiger charge is -2.32. The Kier molecular flexibility index (Phi) is 6.42. The van der Waals surface area contributed by atoms with Crippen molar-refractivity contribution in [1.82, 2.24) is 10.2 Å². The van der Waals surface area contributed by atoms with Crippen molar-refractivity contribution in [3.8, 4) is 0 Å². The molecule has 4 heteroatoms. The van der Waals surface area contributed by atoms with E-state index < -0.39 is 0 Å². The fourth-order valence-electron chi connectivity index (χ4n) is 2.09. The van der Waals surface area contributed by atoms with Crippen LogP contribution in [0.5, 0.6) is 0 Å². The van der Waals surface area contributed by atoms with Gasteiger partial charge in [0.25, 0.3) is 0 Å². The van der Waals surface area contributed by atoms with Crippen LogP contribution in [0.15, 0.2) is 0 Å². The summed E-state index contributed by atoms with van der Waals surface area (Å²) in [5, 5.41) is 3.33. The zero-order chi connectivity index (χ0) is 11.8. The standard InChI is InChI=1S/C12H24N2O2/c1-3-16-12(15)7-8-13-10-11-6-4-5-9-14(11)2/h11,13H,3-10H2,1-2H3. The van der Waals surface area contributed by atoms with E-state index in [9.17, 15) is 4.79 Å². The molecule has 16 heavy (non-hydrogen) atoms. The molecule has 0 spiro atoms. The van der Waals surface area contributed by atoms with Gasteiger partial charge in [-0.05, 0) is 33.4 Å². The molecule has 4 nitrogen and oxygen atoms in total. The molecule has 0 aromatic carbocycles. The third kappa shape index (κ3) is 4.94. The lowest BCUT2D eigenvalue weighted by molar-refractivity contribution is -0.142. The average molecular weight is 228 g/mol. The van der Waals surface area contributed by atoms with Gasteiger partial charge in [-0.1, -0.05) is 6.42 Å². The summed E-state index contributed by atoms with van der Waals surface area (Å²) in [6, 6.07) is 0.635. The molecule has 1 saturated heterocycles. The summed E-state index contributed by atoms with van der Waals surface area (Å²) in [5.41, 5.74) is 0. The molecular formula is C12H24N2O2. The van der Waals surface area contributed by atoms with Crippen molar-refractivity contribution in [3.05, 3.63) is 0 Å². The third-order valence-corrected chi connectivity index (χ3v) is 3.11. The first-order valence-corrected chi connectivity index (χ1v) is 6.30. The second kappa shape index (κ2) is 7.63. The molecular weight excluding hydrogens is 204 g/mol. The topological polar surface area (TPSA) is 41.6 Å². The van der Waals surface area contributed by atoms with Gasteiger partial charge in [-0.15, -0.1) is 0 Å². The van der Waals surface area contributed by atoms with Crippen LogP contribution in [0.1, 0.15) is 32.6 Å². The van der Waals surface area contributed by atoms with Crippen LogP contribution in [0.2, 0.25) is 0 Å². The molecule has 0 aromatic rings. The highest BCUT2D eigenvalue weighted by Crippen LogP contribution is 2.13. The summed E-state index contributed by atoms with van der Waals surface area (Å²) >= 11 is 0. The summed E-state index contributed by atoms with van der Waals surface area (Å²) in [4.78, 5) is 13.5. The Morgan fingerprint density at radius 1 is 1.50 bits per heavy atom. The molecule has 0 saturated carbocycles. The SMILES string of the molecule is CCOC(=O)CCNCC1CCCCN1C. The van der Waals surface area contributed by atoms with E-state index in [0.717, 1.165) is 13.1 Å². The Morgan fingerprint density at radius 2 is 2.31 bits per heavy atom. The van der Waals surface area contributed by atoms with Crippen molar-refractivity contribution < 1.29 is 9.53 Å². The van der Waals surface area contributed by atoms with Crippen LogP contribution in [0.25, 0.3) is 0 Å². The fraction of sp³-hybridized carbons (Fsp3) is 0.917. The van der Waals surface area contributed by atoms with Crippen molar-refractivity contribution >= 4 is 5.97 Å². The molecule has 1 unspecified atom stereocenters. The normalized spacial score (nSPS) is 22.0. The van der Waals surface area contributed by atoms with Crippen molar-refractivity contribution in [2.75, 3.05) is 33.3 Å².